The van der Waals surface area contributed by atoms with E-state index in [9.17, 15) is 0 Å². The Morgan fingerprint density at radius 2 is 1.59 bits per heavy atom. The van der Waals surface area contributed by atoms with Crippen molar-refractivity contribution in [1.29, 1.82) is 0 Å². The van der Waals surface area contributed by atoms with E-state index in [2.05, 4.69) is 10.2 Å². The van der Waals surface area contributed by atoms with Gasteiger partial charge in [-0.25, -0.2) is 0 Å². The van der Waals surface area contributed by atoms with Crippen LogP contribution in [0.2, 0.25) is 0 Å². The summed E-state index contributed by atoms with van der Waals surface area (Å²) in [5.41, 5.74) is 0. The zero-order valence-electron chi connectivity index (χ0n) is 12.7. The first kappa shape index (κ1) is 14.9. The highest BCUT2D eigenvalue weighted by molar-refractivity contribution is 5.36. The number of hydrogen-bond donors (Lipinski definition) is 1. The summed E-state index contributed by atoms with van der Waals surface area (Å²) in [4.78, 5) is 2.42. The predicted octanol–water partition coefficient (Wildman–Crippen LogP) is 2.76. The number of nitrogens with zero attached hydrogens (tertiary/aromatic N) is 1. The van der Waals surface area contributed by atoms with Gasteiger partial charge >= 0.3 is 0 Å². The van der Waals surface area contributed by atoms with E-state index < -0.39 is 0 Å². The van der Waals surface area contributed by atoms with Gasteiger partial charge in [-0.05, 0) is 24.3 Å². The largest absolute Gasteiger partial charge is 0.492 e. The molecule has 1 heterocycles. The summed E-state index contributed by atoms with van der Waals surface area (Å²) in [6, 6.07) is 17.6. The number of hydrogen-bond acceptors (Lipinski definition) is 4. The van der Waals surface area contributed by atoms with Crippen molar-refractivity contribution in [3.05, 3.63) is 54.6 Å². The van der Waals surface area contributed by atoms with Crippen LogP contribution >= 0.6 is 0 Å². The van der Waals surface area contributed by atoms with Gasteiger partial charge in [-0.15, -0.1) is 0 Å². The molecule has 0 bridgehead atoms. The Morgan fingerprint density at radius 3 is 2.41 bits per heavy atom. The smallest absolute Gasteiger partial charge is 0.131 e. The van der Waals surface area contributed by atoms with Gasteiger partial charge in [0.05, 0.1) is 0 Å². The molecule has 3 rings (SSSR count). The molecule has 0 atom stereocenters. The minimum absolute atomic E-state index is 0.703. The third kappa shape index (κ3) is 4.48. The number of piperazine rings is 1. The molecule has 4 nitrogen and oxygen atoms in total. The third-order valence-corrected chi connectivity index (χ3v) is 3.67. The topological polar surface area (TPSA) is 33.7 Å². The molecular formula is C18H22N2O2. The van der Waals surface area contributed by atoms with Gasteiger partial charge in [0, 0.05) is 38.8 Å². The zero-order chi connectivity index (χ0) is 15.0. The molecule has 0 amide bonds. The van der Waals surface area contributed by atoms with Crippen LogP contribution in [0.3, 0.4) is 0 Å². The molecule has 0 radical (unpaired) electrons. The van der Waals surface area contributed by atoms with Crippen LogP contribution < -0.4 is 14.8 Å². The van der Waals surface area contributed by atoms with E-state index in [1.54, 1.807) is 0 Å². The van der Waals surface area contributed by atoms with Crippen LogP contribution in [0.4, 0.5) is 0 Å². The van der Waals surface area contributed by atoms with Crippen molar-refractivity contribution in [1.82, 2.24) is 10.2 Å². The molecule has 2 aromatic rings. The van der Waals surface area contributed by atoms with Crippen molar-refractivity contribution in [3.63, 3.8) is 0 Å². The second-order valence-corrected chi connectivity index (χ2v) is 5.33. The molecule has 1 N–H and O–H groups in total. The number of ether oxygens (including phenoxy) is 2. The molecule has 1 aliphatic rings. The molecule has 22 heavy (non-hydrogen) atoms. The molecule has 2 aromatic carbocycles. The van der Waals surface area contributed by atoms with Crippen LogP contribution in [0, 0.1) is 0 Å². The highest BCUT2D eigenvalue weighted by Gasteiger charge is 2.09. The lowest BCUT2D eigenvalue weighted by atomic mass is 10.3. The number of para-hydroxylation sites is 1. The van der Waals surface area contributed by atoms with Crippen LogP contribution in [-0.2, 0) is 0 Å². The molecule has 1 saturated heterocycles. The number of rotatable bonds is 6. The first-order chi connectivity index (χ1) is 10.9. The van der Waals surface area contributed by atoms with Crippen LogP contribution in [-0.4, -0.2) is 44.2 Å². The Labute approximate surface area is 131 Å². The maximum absolute atomic E-state index is 5.85. The van der Waals surface area contributed by atoms with Gasteiger partial charge in [0.25, 0.3) is 0 Å². The molecule has 116 valence electrons. The Morgan fingerprint density at radius 1 is 0.864 bits per heavy atom. The van der Waals surface area contributed by atoms with Gasteiger partial charge in [-0.3, -0.25) is 4.90 Å². The van der Waals surface area contributed by atoms with Crippen molar-refractivity contribution < 1.29 is 9.47 Å². The molecule has 0 unspecified atom stereocenters. The summed E-state index contributed by atoms with van der Waals surface area (Å²) < 4.78 is 11.7. The molecule has 0 aliphatic carbocycles. The lowest BCUT2D eigenvalue weighted by Gasteiger charge is -2.26. The summed E-state index contributed by atoms with van der Waals surface area (Å²) in [5, 5.41) is 3.35. The summed E-state index contributed by atoms with van der Waals surface area (Å²) in [6.45, 7) is 6.00. The fourth-order valence-corrected chi connectivity index (χ4v) is 2.48. The van der Waals surface area contributed by atoms with E-state index in [-0.39, 0.29) is 0 Å². The fraction of sp³-hybridized carbons (Fsp3) is 0.333. The summed E-state index contributed by atoms with van der Waals surface area (Å²) in [6.07, 6.45) is 0. The molecular weight excluding hydrogens is 276 g/mol. The Balaban J connectivity index is 1.50. The van der Waals surface area contributed by atoms with Crippen LogP contribution in [0.15, 0.2) is 54.6 Å². The first-order valence-electron chi connectivity index (χ1n) is 7.79. The highest BCUT2D eigenvalue weighted by Crippen LogP contribution is 2.24. The zero-order valence-corrected chi connectivity index (χ0v) is 12.7. The lowest BCUT2D eigenvalue weighted by molar-refractivity contribution is 0.191. The number of nitrogens with one attached hydrogen (secondary N) is 1. The molecule has 4 heteroatoms. The van der Waals surface area contributed by atoms with Crippen molar-refractivity contribution >= 4 is 0 Å². The predicted molar refractivity (Wildman–Crippen MR) is 87.8 cm³/mol. The van der Waals surface area contributed by atoms with Gasteiger partial charge in [0.2, 0.25) is 0 Å². The van der Waals surface area contributed by atoms with Crippen molar-refractivity contribution in [3.8, 4) is 17.2 Å². The summed E-state index contributed by atoms with van der Waals surface area (Å²) in [7, 11) is 0. The Bertz CT molecular complexity index is 568. The highest BCUT2D eigenvalue weighted by atomic mass is 16.5. The van der Waals surface area contributed by atoms with E-state index in [0.29, 0.717) is 6.61 Å². The molecule has 0 spiro atoms. The minimum Gasteiger partial charge on any atom is -0.492 e. The summed E-state index contributed by atoms with van der Waals surface area (Å²) in [5.74, 6) is 2.48. The average Bonchev–Trinajstić information content (AvgIpc) is 2.57. The monoisotopic (exact) mass is 298 g/mol. The van der Waals surface area contributed by atoms with Gasteiger partial charge in [-0.2, -0.15) is 0 Å². The average molecular weight is 298 g/mol. The minimum atomic E-state index is 0.703. The van der Waals surface area contributed by atoms with Gasteiger partial charge in [0.1, 0.15) is 23.9 Å². The SMILES string of the molecule is c1ccc(Oc2cccc(OCCN3CCNCC3)c2)cc1. The maximum atomic E-state index is 5.85. The van der Waals surface area contributed by atoms with Crippen LogP contribution in [0.25, 0.3) is 0 Å². The van der Waals surface area contributed by atoms with Crippen molar-refractivity contribution in [2.75, 3.05) is 39.3 Å². The van der Waals surface area contributed by atoms with E-state index in [0.717, 1.165) is 50.0 Å². The third-order valence-electron chi connectivity index (χ3n) is 3.67. The van der Waals surface area contributed by atoms with Crippen LogP contribution in [0.1, 0.15) is 0 Å². The first-order valence-corrected chi connectivity index (χ1v) is 7.79. The normalized spacial score (nSPS) is 15.5. The Kier molecular flexibility index (Phi) is 5.29. The lowest BCUT2D eigenvalue weighted by Crippen LogP contribution is -2.44. The quantitative estimate of drug-likeness (QED) is 0.889. The Hall–Kier alpha value is -2.04. The van der Waals surface area contributed by atoms with E-state index in [1.807, 2.05) is 54.6 Å². The van der Waals surface area contributed by atoms with Gasteiger partial charge < -0.3 is 14.8 Å². The standard InChI is InChI=1S/C18H22N2O2/c1-2-5-16(6-3-1)22-18-8-4-7-17(15-18)21-14-13-20-11-9-19-10-12-20/h1-8,15,19H,9-14H2. The van der Waals surface area contributed by atoms with E-state index in [4.69, 9.17) is 9.47 Å². The molecule has 1 aliphatic heterocycles. The van der Waals surface area contributed by atoms with Gasteiger partial charge in [-0.1, -0.05) is 24.3 Å². The van der Waals surface area contributed by atoms with E-state index in [1.165, 1.54) is 0 Å². The second kappa shape index (κ2) is 7.82. The van der Waals surface area contributed by atoms with Crippen molar-refractivity contribution in [2.24, 2.45) is 0 Å². The molecule has 1 fully saturated rings. The summed E-state index contributed by atoms with van der Waals surface area (Å²) >= 11 is 0. The molecule has 0 aromatic heterocycles. The van der Waals surface area contributed by atoms with E-state index >= 15 is 0 Å². The van der Waals surface area contributed by atoms with Gasteiger partial charge in [0.15, 0.2) is 0 Å². The van der Waals surface area contributed by atoms with Crippen LogP contribution in [0.5, 0.6) is 17.2 Å². The number of benzene rings is 2. The molecule has 0 saturated carbocycles. The van der Waals surface area contributed by atoms with Crippen molar-refractivity contribution in [2.45, 2.75) is 0 Å². The fourth-order valence-electron chi connectivity index (χ4n) is 2.48. The maximum Gasteiger partial charge on any atom is 0.131 e. The second-order valence-electron chi connectivity index (χ2n) is 5.33.